The fraction of sp³-hybridized carbons (Fsp3) is 0.467. The molecule has 0 atom stereocenters. The Kier molecular flexibility index (Phi) is 6.66. The van der Waals surface area contributed by atoms with Crippen LogP contribution in [0.5, 0.6) is 11.5 Å². The highest BCUT2D eigenvalue weighted by Gasteiger charge is 2.21. The minimum absolute atomic E-state index is 0.191. The quantitative estimate of drug-likeness (QED) is 0.376. The molecular formula is C15H21NO4. The summed E-state index contributed by atoms with van der Waals surface area (Å²) in [6.45, 7) is 9.57. The minimum atomic E-state index is -0.269. The van der Waals surface area contributed by atoms with Crippen LogP contribution < -0.4 is 4.74 Å². The van der Waals surface area contributed by atoms with Crippen molar-refractivity contribution in [3.63, 3.8) is 0 Å². The van der Waals surface area contributed by atoms with Crippen molar-refractivity contribution < 1.29 is 19.4 Å². The molecule has 0 spiro atoms. The third-order valence-corrected chi connectivity index (χ3v) is 2.60. The summed E-state index contributed by atoms with van der Waals surface area (Å²) >= 11 is 0. The average molecular weight is 279 g/mol. The molecule has 0 heterocycles. The number of hydrogen-bond donors (Lipinski definition) is 2. The molecule has 0 aliphatic carbocycles. The van der Waals surface area contributed by atoms with Gasteiger partial charge in [-0.3, -0.25) is 4.79 Å². The van der Waals surface area contributed by atoms with Gasteiger partial charge < -0.3 is 9.84 Å². The summed E-state index contributed by atoms with van der Waals surface area (Å²) in [4.78, 5) is 19.6. The predicted octanol–water partition coefficient (Wildman–Crippen LogP) is 3.21. The topological polar surface area (TPSA) is 87.4 Å². The van der Waals surface area contributed by atoms with Gasteiger partial charge in [0.1, 0.15) is 11.5 Å². The fourth-order valence-corrected chi connectivity index (χ4v) is 1.58. The number of aryl methyl sites for hydroxylation is 1. The van der Waals surface area contributed by atoms with Gasteiger partial charge in [-0.05, 0) is 30.0 Å². The number of aromatic hydroxyl groups is 1. The third kappa shape index (κ3) is 5.24. The van der Waals surface area contributed by atoms with Crippen LogP contribution in [0.3, 0.4) is 0 Å². The highest BCUT2D eigenvalue weighted by atomic mass is 16.5. The van der Waals surface area contributed by atoms with E-state index in [2.05, 4.69) is 0 Å². The second-order valence-corrected chi connectivity index (χ2v) is 5.32. The van der Waals surface area contributed by atoms with Crippen LogP contribution in [0.25, 0.3) is 0 Å². The molecule has 110 valence electrons. The first-order valence-electron chi connectivity index (χ1n) is 6.26. The number of nitrogens with one attached hydrogen (secondary N) is 1. The maximum atomic E-state index is 11.3. The van der Waals surface area contributed by atoms with Gasteiger partial charge in [-0.25, -0.2) is 10.2 Å². The van der Waals surface area contributed by atoms with E-state index in [1.807, 2.05) is 20.8 Å². The first-order chi connectivity index (χ1) is 9.17. The maximum Gasteiger partial charge on any atom is 0.310 e. The van der Waals surface area contributed by atoms with E-state index in [0.717, 1.165) is 17.2 Å². The van der Waals surface area contributed by atoms with E-state index in [1.165, 1.54) is 0 Å². The Morgan fingerprint density at radius 1 is 1.40 bits per heavy atom. The first kappa shape index (κ1) is 17.9. The lowest BCUT2D eigenvalue weighted by Crippen LogP contribution is -2.13. The van der Waals surface area contributed by atoms with E-state index in [-0.39, 0.29) is 17.1 Å². The highest BCUT2D eigenvalue weighted by Crippen LogP contribution is 2.36. The average Bonchev–Trinajstić information content (AvgIpc) is 2.33. The van der Waals surface area contributed by atoms with Gasteiger partial charge in [-0.2, -0.15) is 0 Å². The van der Waals surface area contributed by atoms with Crippen LogP contribution in [-0.2, 0) is 15.0 Å². The number of rotatable bonds is 2. The summed E-state index contributed by atoms with van der Waals surface area (Å²) in [6.07, 6.45) is 1.09. The number of carbonyl (C=O) groups excluding carboxylic acids is 2. The van der Waals surface area contributed by atoms with Gasteiger partial charge in [0, 0.05) is 12.0 Å². The maximum absolute atomic E-state index is 11.3. The molecule has 0 saturated carbocycles. The van der Waals surface area contributed by atoms with Crippen LogP contribution in [0.2, 0.25) is 0 Å². The molecule has 0 fully saturated rings. The molecule has 0 radical (unpaired) electrons. The number of isocyanates is 1. The molecule has 0 unspecified atom stereocenters. The van der Waals surface area contributed by atoms with Crippen molar-refractivity contribution >= 4 is 12.0 Å². The highest BCUT2D eigenvalue weighted by molar-refractivity contribution is 5.72. The number of phenolic OH excluding ortho intramolecular Hbond substituents is 1. The summed E-state index contributed by atoms with van der Waals surface area (Å²) in [5.41, 5.74) is 1.32. The lowest BCUT2D eigenvalue weighted by Gasteiger charge is -2.22. The molecule has 1 aromatic carbocycles. The number of phenols is 1. The van der Waals surface area contributed by atoms with Crippen molar-refractivity contribution in [3.8, 4) is 11.5 Å². The van der Waals surface area contributed by atoms with Crippen molar-refractivity contribution in [2.75, 3.05) is 0 Å². The van der Waals surface area contributed by atoms with Gasteiger partial charge in [-0.1, -0.05) is 27.7 Å². The summed E-state index contributed by atoms with van der Waals surface area (Å²) in [5, 5.41) is 15.4. The van der Waals surface area contributed by atoms with Gasteiger partial charge in [0.05, 0.1) is 0 Å². The Bertz CT molecular complexity index is 509. The molecule has 0 aliphatic heterocycles. The number of ether oxygens (including phenoxy) is 1. The Morgan fingerprint density at radius 3 is 2.30 bits per heavy atom. The Labute approximate surface area is 119 Å². The van der Waals surface area contributed by atoms with E-state index < -0.39 is 0 Å². The van der Waals surface area contributed by atoms with Crippen LogP contribution in [0.15, 0.2) is 12.1 Å². The largest absolute Gasteiger partial charge is 0.507 e. The molecular weight excluding hydrogens is 258 g/mol. The SMILES string of the molecule is CCC(=O)Oc1cc(C)c(O)c(C(C)(C)C)c1.N=C=O. The third-order valence-electron chi connectivity index (χ3n) is 2.60. The summed E-state index contributed by atoms with van der Waals surface area (Å²) < 4.78 is 5.19. The van der Waals surface area contributed by atoms with Gasteiger partial charge >= 0.3 is 5.97 Å². The normalized spacial score (nSPS) is 10.1. The van der Waals surface area contributed by atoms with Crippen molar-refractivity contribution in [2.24, 2.45) is 0 Å². The molecule has 1 rings (SSSR count). The first-order valence-corrected chi connectivity index (χ1v) is 6.26. The molecule has 0 saturated heterocycles. The van der Waals surface area contributed by atoms with Crippen LogP contribution in [0, 0.1) is 12.3 Å². The summed E-state index contributed by atoms with van der Waals surface area (Å²) in [7, 11) is 0. The number of carbonyl (C=O) groups is 1. The molecule has 0 amide bonds. The zero-order chi connectivity index (χ0) is 15.9. The monoisotopic (exact) mass is 279 g/mol. The molecule has 20 heavy (non-hydrogen) atoms. The van der Waals surface area contributed by atoms with E-state index >= 15 is 0 Å². The Balaban J connectivity index is 0.00000110. The van der Waals surface area contributed by atoms with Crippen molar-refractivity contribution in [1.29, 1.82) is 5.41 Å². The summed E-state index contributed by atoms with van der Waals surface area (Å²) in [6, 6.07) is 3.41. The van der Waals surface area contributed by atoms with E-state index in [4.69, 9.17) is 14.9 Å². The smallest absolute Gasteiger partial charge is 0.310 e. The minimum Gasteiger partial charge on any atom is -0.507 e. The summed E-state index contributed by atoms with van der Waals surface area (Å²) in [5.74, 6) is 0.501. The standard InChI is InChI=1S/C14H20O3.CHNO/c1-6-12(15)17-10-7-9(2)13(16)11(8-10)14(3,4)5;2-1-3/h7-8,16H,6H2,1-5H3;2H. The van der Waals surface area contributed by atoms with Crippen molar-refractivity contribution in [3.05, 3.63) is 23.3 Å². The fourth-order valence-electron chi connectivity index (χ4n) is 1.58. The van der Waals surface area contributed by atoms with Crippen LogP contribution in [-0.4, -0.2) is 17.2 Å². The van der Waals surface area contributed by atoms with Gasteiger partial charge in [-0.15, -0.1) is 0 Å². The second-order valence-electron chi connectivity index (χ2n) is 5.32. The number of hydrogen-bond acceptors (Lipinski definition) is 5. The molecule has 0 aromatic heterocycles. The van der Waals surface area contributed by atoms with E-state index in [9.17, 15) is 9.90 Å². The molecule has 0 aliphatic rings. The van der Waals surface area contributed by atoms with Crippen LogP contribution >= 0.6 is 0 Å². The lowest BCUT2D eigenvalue weighted by molar-refractivity contribution is -0.134. The van der Waals surface area contributed by atoms with Gasteiger partial charge in [0.15, 0.2) is 0 Å². The molecule has 5 nitrogen and oxygen atoms in total. The molecule has 0 bridgehead atoms. The predicted molar refractivity (Wildman–Crippen MR) is 75.9 cm³/mol. The zero-order valence-electron chi connectivity index (χ0n) is 12.5. The lowest BCUT2D eigenvalue weighted by atomic mass is 9.85. The van der Waals surface area contributed by atoms with Crippen molar-refractivity contribution in [2.45, 2.75) is 46.5 Å². The molecule has 2 N–H and O–H groups in total. The Morgan fingerprint density at radius 2 is 1.90 bits per heavy atom. The van der Waals surface area contributed by atoms with Crippen LogP contribution in [0.4, 0.5) is 0 Å². The second kappa shape index (κ2) is 7.46. The van der Waals surface area contributed by atoms with Crippen molar-refractivity contribution in [1.82, 2.24) is 0 Å². The van der Waals surface area contributed by atoms with Gasteiger partial charge in [0.2, 0.25) is 6.08 Å². The molecule has 1 aromatic rings. The number of benzene rings is 1. The van der Waals surface area contributed by atoms with Gasteiger partial charge in [0.25, 0.3) is 0 Å². The van der Waals surface area contributed by atoms with E-state index in [1.54, 1.807) is 26.0 Å². The zero-order valence-corrected chi connectivity index (χ0v) is 12.5. The van der Waals surface area contributed by atoms with Crippen LogP contribution in [0.1, 0.15) is 45.2 Å². The van der Waals surface area contributed by atoms with E-state index in [0.29, 0.717) is 12.2 Å². The number of esters is 1. The molecule has 5 heteroatoms. The Hall–Kier alpha value is -2.13.